The zero-order valence-corrected chi connectivity index (χ0v) is 15.8. The van der Waals surface area contributed by atoms with Crippen molar-refractivity contribution >= 4 is 10.0 Å². The summed E-state index contributed by atoms with van der Waals surface area (Å²) in [7, 11) is -3.41. The van der Waals surface area contributed by atoms with Crippen LogP contribution in [0.3, 0.4) is 0 Å². The lowest BCUT2D eigenvalue weighted by molar-refractivity contribution is -0.0295. The van der Waals surface area contributed by atoms with Crippen LogP contribution in [0.5, 0.6) is 0 Å². The summed E-state index contributed by atoms with van der Waals surface area (Å²) in [4.78, 5) is 0.355. The smallest absolute Gasteiger partial charge is 0.243 e. The second kappa shape index (κ2) is 7.28. The Kier molecular flexibility index (Phi) is 5.27. The van der Waals surface area contributed by atoms with Crippen LogP contribution in [0.25, 0.3) is 0 Å². The molecule has 25 heavy (non-hydrogen) atoms. The van der Waals surface area contributed by atoms with Gasteiger partial charge in [-0.2, -0.15) is 4.31 Å². The molecule has 0 atom stereocenters. The molecule has 0 N–H and O–H groups in total. The van der Waals surface area contributed by atoms with Crippen LogP contribution < -0.4 is 0 Å². The van der Waals surface area contributed by atoms with Gasteiger partial charge in [0.1, 0.15) is 0 Å². The van der Waals surface area contributed by atoms with Crippen molar-refractivity contribution in [3.63, 3.8) is 0 Å². The minimum Gasteiger partial charge on any atom is -0.371 e. The van der Waals surface area contributed by atoms with Crippen molar-refractivity contribution in [2.45, 2.75) is 44.3 Å². The van der Waals surface area contributed by atoms with Crippen LogP contribution in [0.15, 0.2) is 53.4 Å². The number of rotatable bonds is 6. The van der Waals surface area contributed by atoms with Crippen LogP contribution in [0.2, 0.25) is 0 Å². The van der Waals surface area contributed by atoms with Gasteiger partial charge in [0.25, 0.3) is 0 Å². The standard InChI is InChI=1S/C20H25NO3S/c1-15(2)18-8-10-20(11-9-18)25(22,23)21-12-19(13-21)24-14-17-6-4-16(3)5-7-17/h4-11,15,19H,12-14H2,1-3H3. The summed E-state index contributed by atoms with van der Waals surface area (Å²) < 4.78 is 32.5. The summed E-state index contributed by atoms with van der Waals surface area (Å²) in [5.74, 6) is 0.389. The van der Waals surface area contributed by atoms with E-state index in [4.69, 9.17) is 4.74 Å². The number of aryl methyl sites for hydroxylation is 1. The largest absolute Gasteiger partial charge is 0.371 e. The Morgan fingerprint density at radius 3 is 2.20 bits per heavy atom. The lowest BCUT2D eigenvalue weighted by Gasteiger charge is -2.37. The van der Waals surface area contributed by atoms with E-state index in [-0.39, 0.29) is 6.10 Å². The first kappa shape index (κ1) is 18.1. The molecule has 1 aliphatic heterocycles. The van der Waals surface area contributed by atoms with Gasteiger partial charge in [0.15, 0.2) is 0 Å². The minimum absolute atomic E-state index is 0.0361. The summed E-state index contributed by atoms with van der Waals surface area (Å²) in [6.07, 6.45) is -0.0361. The van der Waals surface area contributed by atoms with Gasteiger partial charge in [-0.1, -0.05) is 55.8 Å². The van der Waals surface area contributed by atoms with Crippen molar-refractivity contribution in [2.75, 3.05) is 13.1 Å². The maximum atomic E-state index is 12.6. The molecule has 0 saturated carbocycles. The predicted molar refractivity (Wildman–Crippen MR) is 99.0 cm³/mol. The number of sulfonamides is 1. The van der Waals surface area contributed by atoms with Gasteiger partial charge in [-0.15, -0.1) is 0 Å². The summed E-state index contributed by atoms with van der Waals surface area (Å²) in [6, 6.07) is 15.4. The number of nitrogens with zero attached hydrogens (tertiary/aromatic N) is 1. The molecule has 0 amide bonds. The number of hydrogen-bond acceptors (Lipinski definition) is 3. The average molecular weight is 359 g/mol. The molecule has 1 fully saturated rings. The molecule has 5 heteroatoms. The summed E-state index contributed by atoms with van der Waals surface area (Å²) in [6.45, 7) is 7.58. The third kappa shape index (κ3) is 4.11. The Hall–Kier alpha value is -1.69. The Morgan fingerprint density at radius 1 is 1.04 bits per heavy atom. The van der Waals surface area contributed by atoms with E-state index in [0.717, 1.165) is 11.1 Å². The average Bonchev–Trinajstić information content (AvgIpc) is 2.55. The third-order valence-electron chi connectivity index (χ3n) is 4.61. The number of ether oxygens (including phenoxy) is 1. The zero-order valence-electron chi connectivity index (χ0n) is 15.0. The van der Waals surface area contributed by atoms with E-state index < -0.39 is 10.0 Å². The number of benzene rings is 2. The lowest BCUT2D eigenvalue weighted by atomic mass is 10.0. The molecule has 4 nitrogen and oxygen atoms in total. The van der Waals surface area contributed by atoms with Crippen LogP contribution in [0.4, 0.5) is 0 Å². The molecule has 1 saturated heterocycles. The quantitative estimate of drug-likeness (QED) is 0.790. The van der Waals surface area contributed by atoms with Gasteiger partial charge in [0.2, 0.25) is 10.0 Å². The zero-order chi connectivity index (χ0) is 18.0. The van der Waals surface area contributed by atoms with Gasteiger partial charge in [-0.05, 0) is 36.1 Å². The second-order valence-corrected chi connectivity index (χ2v) is 8.90. The molecular formula is C20H25NO3S. The van der Waals surface area contributed by atoms with E-state index in [2.05, 4.69) is 26.0 Å². The SMILES string of the molecule is Cc1ccc(COC2CN(S(=O)(=O)c3ccc(C(C)C)cc3)C2)cc1. The Labute approximate surface area is 150 Å². The van der Waals surface area contributed by atoms with E-state index in [1.54, 1.807) is 12.1 Å². The molecule has 0 radical (unpaired) electrons. The molecule has 134 valence electrons. The highest BCUT2D eigenvalue weighted by molar-refractivity contribution is 7.89. The van der Waals surface area contributed by atoms with Crippen molar-refractivity contribution in [1.29, 1.82) is 0 Å². The topological polar surface area (TPSA) is 46.6 Å². The van der Waals surface area contributed by atoms with E-state index in [1.165, 1.54) is 9.87 Å². The molecule has 0 spiro atoms. The highest BCUT2D eigenvalue weighted by atomic mass is 32.2. The predicted octanol–water partition coefficient (Wildman–Crippen LogP) is 3.71. The highest BCUT2D eigenvalue weighted by Crippen LogP contribution is 2.25. The molecule has 2 aromatic carbocycles. The van der Waals surface area contributed by atoms with E-state index in [1.807, 2.05) is 31.2 Å². The fraction of sp³-hybridized carbons (Fsp3) is 0.400. The van der Waals surface area contributed by atoms with Crippen molar-refractivity contribution in [3.8, 4) is 0 Å². The van der Waals surface area contributed by atoms with Gasteiger partial charge < -0.3 is 4.74 Å². The molecule has 0 bridgehead atoms. The first-order chi connectivity index (χ1) is 11.9. The van der Waals surface area contributed by atoms with Crippen molar-refractivity contribution < 1.29 is 13.2 Å². The van der Waals surface area contributed by atoms with Crippen molar-refractivity contribution in [3.05, 3.63) is 65.2 Å². The maximum absolute atomic E-state index is 12.6. The molecule has 1 heterocycles. The van der Waals surface area contributed by atoms with E-state index in [9.17, 15) is 8.42 Å². The van der Waals surface area contributed by atoms with Gasteiger partial charge in [-0.25, -0.2) is 8.42 Å². The normalized spacial score (nSPS) is 16.2. The van der Waals surface area contributed by atoms with Gasteiger partial charge >= 0.3 is 0 Å². The summed E-state index contributed by atoms with van der Waals surface area (Å²) >= 11 is 0. The first-order valence-corrected chi connectivity index (χ1v) is 10.1. The summed E-state index contributed by atoms with van der Waals surface area (Å²) in [5.41, 5.74) is 3.46. The van der Waals surface area contributed by atoms with Crippen molar-refractivity contribution in [1.82, 2.24) is 4.31 Å². The van der Waals surface area contributed by atoms with E-state index >= 15 is 0 Å². The molecule has 1 aliphatic rings. The fourth-order valence-corrected chi connectivity index (χ4v) is 4.28. The molecule has 0 aliphatic carbocycles. The first-order valence-electron chi connectivity index (χ1n) is 8.63. The Balaban J connectivity index is 1.54. The molecule has 0 unspecified atom stereocenters. The van der Waals surface area contributed by atoms with Gasteiger partial charge in [0, 0.05) is 13.1 Å². The van der Waals surface area contributed by atoms with Crippen LogP contribution in [-0.4, -0.2) is 31.9 Å². The van der Waals surface area contributed by atoms with Crippen LogP contribution >= 0.6 is 0 Å². The summed E-state index contributed by atoms with van der Waals surface area (Å²) in [5, 5.41) is 0. The van der Waals surface area contributed by atoms with Gasteiger partial charge in [0.05, 0.1) is 17.6 Å². The fourth-order valence-electron chi connectivity index (χ4n) is 2.77. The second-order valence-electron chi connectivity index (χ2n) is 6.96. The molecule has 3 rings (SSSR count). The van der Waals surface area contributed by atoms with Crippen LogP contribution in [0, 0.1) is 6.92 Å². The van der Waals surface area contributed by atoms with Crippen LogP contribution in [-0.2, 0) is 21.4 Å². The number of hydrogen-bond donors (Lipinski definition) is 0. The molecule has 2 aromatic rings. The Bertz CT molecular complexity index is 805. The lowest BCUT2D eigenvalue weighted by Crippen LogP contribution is -2.54. The van der Waals surface area contributed by atoms with Crippen molar-refractivity contribution in [2.24, 2.45) is 0 Å². The maximum Gasteiger partial charge on any atom is 0.243 e. The van der Waals surface area contributed by atoms with Gasteiger partial charge in [-0.3, -0.25) is 0 Å². The third-order valence-corrected chi connectivity index (χ3v) is 6.45. The Morgan fingerprint density at radius 2 is 1.64 bits per heavy atom. The molecular weight excluding hydrogens is 334 g/mol. The van der Waals surface area contributed by atoms with E-state index in [0.29, 0.717) is 30.5 Å². The molecule has 0 aromatic heterocycles. The minimum atomic E-state index is -3.41. The van der Waals surface area contributed by atoms with Crippen LogP contribution in [0.1, 0.15) is 36.5 Å². The monoisotopic (exact) mass is 359 g/mol. The highest BCUT2D eigenvalue weighted by Gasteiger charge is 2.37.